The van der Waals surface area contributed by atoms with Crippen LogP contribution < -0.4 is 18.9 Å². The van der Waals surface area contributed by atoms with Gasteiger partial charge in [0, 0.05) is 11.7 Å². The van der Waals surface area contributed by atoms with Crippen molar-refractivity contribution in [3.63, 3.8) is 0 Å². The molecule has 0 radical (unpaired) electrons. The first-order chi connectivity index (χ1) is 18.3. The molecular formula is C29H28O8S. The summed E-state index contributed by atoms with van der Waals surface area (Å²) in [7, 11) is 4.64. The van der Waals surface area contributed by atoms with Crippen LogP contribution in [0.2, 0.25) is 0 Å². The summed E-state index contributed by atoms with van der Waals surface area (Å²) in [5.41, 5.74) is 1.73. The fourth-order valence-corrected chi connectivity index (χ4v) is 5.76. The number of carboxylic acids is 1. The van der Waals surface area contributed by atoms with Gasteiger partial charge in [0.15, 0.2) is 28.1 Å². The summed E-state index contributed by atoms with van der Waals surface area (Å²) in [6, 6.07) is 16.8. The number of methoxy groups -OCH3 is 3. The van der Waals surface area contributed by atoms with Crippen LogP contribution in [0.15, 0.2) is 60.7 Å². The van der Waals surface area contributed by atoms with Gasteiger partial charge in [-0.3, -0.25) is 4.79 Å². The molecule has 0 bridgehead atoms. The number of rotatable bonds is 10. The maximum Gasteiger partial charge on any atom is 0.344 e. The Hall–Kier alpha value is -3.98. The molecule has 1 fully saturated rings. The van der Waals surface area contributed by atoms with Gasteiger partial charge >= 0.3 is 11.9 Å². The SMILES string of the molecule is COc1ccc(C[C@H]2CSC(=O)[C@@H]2Cc2ccc(OC(=O)c3ccccc3C(=O)O)c(OC)c2)cc1OC. The van der Waals surface area contributed by atoms with Gasteiger partial charge in [-0.05, 0) is 66.3 Å². The predicted octanol–water partition coefficient (Wildman–Crippen LogP) is 4.92. The Labute approximate surface area is 224 Å². The van der Waals surface area contributed by atoms with E-state index in [1.807, 2.05) is 18.2 Å². The Bertz CT molecular complexity index is 1350. The lowest BCUT2D eigenvalue weighted by Gasteiger charge is -2.19. The molecule has 38 heavy (non-hydrogen) atoms. The van der Waals surface area contributed by atoms with Gasteiger partial charge in [0.2, 0.25) is 0 Å². The van der Waals surface area contributed by atoms with Gasteiger partial charge in [-0.1, -0.05) is 36.0 Å². The van der Waals surface area contributed by atoms with Crippen LogP contribution >= 0.6 is 11.8 Å². The molecule has 1 N–H and O–H groups in total. The Kier molecular flexibility index (Phi) is 8.58. The first kappa shape index (κ1) is 27.1. The minimum Gasteiger partial charge on any atom is -0.493 e. The molecule has 1 aliphatic heterocycles. The van der Waals surface area contributed by atoms with E-state index < -0.39 is 11.9 Å². The molecule has 1 heterocycles. The van der Waals surface area contributed by atoms with Gasteiger partial charge in [0.05, 0.1) is 32.5 Å². The molecule has 2 atom stereocenters. The zero-order valence-corrected chi connectivity index (χ0v) is 22.1. The minimum absolute atomic E-state index is 0.0577. The summed E-state index contributed by atoms with van der Waals surface area (Å²) in [4.78, 5) is 37.0. The van der Waals surface area contributed by atoms with Crippen molar-refractivity contribution in [1.82, 2.24) is 0 Å². The van der Waals surface area contributed by atoms with Crippen molar-refractivity contribution >= 4 is 28.8 Å². The van der Waals surface area contributed by atoms with Gasteiger partial charge in [-0.15, -0.1) is 0 Å². The first-order valence-corrected chi connectivity index (χ1v) is 12.9. The lowest BCUT2D eigenvalue weighted by Crippen LogP contribution is -2.20. The standard InChI is InChI=1S/C29H28O8S/c1-34-23-10-8-17(14-25(23)35-2)12-19-16-38-29(33)22(19)13-18-9-11-24(26(15-18)36-3)37-28(32)21-7-5-4-6-20(21)27(30)31/h4-11,14-15,19,22H,12-13,16H2,1-3H3,(H,30,31)/t19-,22+/m0/s1. The predicted molar refractivity (Wildman–Crippen MR) is 143 cm³/mol. The molecule has 0 saturated carbocycles. The van der Waals surface area contributed by atoms with Gasteiger partial charge in [-0.2, -0.15) is 0 Å². The summed E-state index contributed by atoms with van der Waals surface area (Å²) >= 11 is 1.35. The maximum atomic E-state index is 12.8. The second-order valence-electron chi connectivity index (χ2n) is 8.82. The number of thioether (sulfide) groups is 1. The molecule has 0 aliphatic carbocycles. The van der Waals surface area contributed by atoms with Crippen LogP contribution in [0.3, 0.4) is 0 Å². The molecule has 1 saturated heterocycles. The Balaban J connectivity index is 1.50. The second kappa shape index (κ2) is 12.0. The average Bonchev–Trinajstić information content (AvgIpc) is 3.27. The van der Waals surface area contributed by atoms with E-state index in [1.165, 1.54) is 37.1 Å². The number of esters is 1. The quantitative estimate of drug-likeness (QED) is 0.285. The molecule has 4 rings (SSSR count). The van der Waals surface area contributed by atoms with E-state index in [9.17, 15) is 19.5 Å². The van der Waals surface area contributed by atoms with Crippen LogP contribution in [0, 0.1) is 11.8 Å². The molecule has 0 spiro atoms. The topological polar surface area (TPSA) is 108 Å². The van der Waals surface area contributed by atoms with E-state index in [1.54, 1.807) is 38.5 Å². The van der Waals surface area contributed by atoms with Crippen LogP contribution in [0.5, 0.6) is 23.0 Å². The molecular weight excluding hydrogens is 508 g/mol. The van der Waals surface area contributed by atoms with Crippen molar-refractivity contribution in [2.45, 2.75) is 12.8 Å². The normalized spacial score (nSPS) is 16.7. The van der Waals surface area contributed by atoms with Gasteiger partial charge in [0.1, 0.15) is 0 Å². The molecule has 3 aromatic carbocycles. The molecule has 0 amide bonds. The average molecular weight is 537 g/mol. The third kappa shape index (κ3) is 5.94. The zero-order valence-electron chi connectivity index (χ0n) is 21.3. The number of aromatic carboxylic acids is 1. The molecule has 3 aromatic rings. The Morgan fingerprint density at radius 1 is 0.816 bits per heavy atom. The number of ether oxygens (including phenoxy) is 4. The maximum absolute atomic E-state index is 12.8. The highest BCUT2D eigenvalue weighted by molar-refractivity contribution is 8.14. The van der Waals surface area contributed by atoms with E-state index >= 15 is 0 Å². The molecule has 8 nitrogen and oxygen atoms in total. The van der Waals surface area contributed by atoms with E-state index in [4.69, 9.17) is 18.9 Å². The lowest BCUT2D eigenvalue weighted by atomic mass is 9.85. The number of carbonyl (C=O) groups excluding carboxylic acids is 2. The van der Waals surface area contributed by atoms with Crippen LogP contribution in [0.4, 0.5) is 0 Å². The van der Waals surface area contributed by atoms with Crippen molar-refractivity contribution in [3.05, 3.63) is 82.9 Å². The van der Waals surface area contributed by atoms with Gasteiger partial charge in [-0.25, -0.2) is 9.59 Å². The highest BCUT2D eigenvalue weighted by Gasteiger charge is 2.35. The summed E-state index contributed by atoms with van der Waals surface area (Å²) in [5, 5.41) is 9.51. The number of carboxylic acid groups (broad SMARTS) is 1. The number of hydrogen-bond acceptors (Lipinski definition) is 8. The highest BCUT2D eigenvalue weighted by Crippen LogP contribution is 2.39. The Morgan fingerprint density at radius 2 is 1.39 bits per heavy atom. The van der Waals surface area contributed by atoms with Crippen molar-refractivity contribution in [2.24, 2.45) is 11.8 Å². The van der Waals surface area contributed by atoms with Crippen molar-refractivity contribution in [3.8, 4) is 23.0 Å². The second-order valence-corrected chi connectivity index (χ2v) is 9.84. The van der Waals surface area contributed by atoms with E-state index in [2.05, 4.69) is 0 Å². The molecule has 0 unspecified atom stereocenters. The van der Waals surface area contributed by atoms with Crippen LogP contribution in [0.25, 0.3) is 0 Å². The number of benzene rings is 3. The minimum atomic E-state index is -1.22. The smallest absolute Gasteiger partial charge is 0.344 e. The van der Waals surface area contributed by atoms with E-state index in [0.29, 0.717) is 23.7 Å². The molecule has 198 valence electrons. The van der Waals surface area contributed by atoms with Gasteiger partial charge in [0.25, 0.3) is 0 Å². The third-order valence-electron chi connectivity index (χ3n) is 6.52. The monoisotopic (exact) mass is 536 g/mol. The first-order valence-electron chi connectivity index (χ1n) is 11.9. The fourth-order valence-electron chi connectivity index (χ4n) is 4.55. The van der Waals surface area contributed by atoms with Crippen LogP contribution in [-0.4, -0.2) is 49.2 Å². The van der Waals surface area contributed by atoms with E-state index in [0.717, 1.165) is 23.3 Å². The zero-order chi connectivity index (χ0) is 27.2. The van der Waals surface area contributed by atoms with Crippen LogP contribution in [0.1, 0.15) is 31.8 Å². The summed E-state index contributed by atoms with van der Waals surface area (Å²) in [6.07, 6.45) is 1.23. The van der Waals surface area contributed by atoms with Gasteiger partial charge < -0.3 is 24.1 Å². The van der Waals surface area contributed by atoms with Crippen molar-refractivity contribution in [2.75, 3.05) is 27.1 Å². The summed E-state index contributed by atoms with van der Waals surface area (Å²) in [5.74, 6) is 0.452. The largest absolute Gasteiger partial charge is 0.493 e. The number of carbonyl (C=O) groups is 3. The lowest BCUT2D eigenvalue weighted by molar-refractivity contribution is -0.114. The highest BCUT2D eigenvalue weighted by atomic mass is 32.2. The molecule has 1 aliphatic rings. The Morgan fingerprint density at radius 3 is 2.03 bits per heavy atom. The third-order valence-corrected chi connectivity index (χ3v) is 7.70. The number of hydrogen-bond donors (Lipinski definition) is 1. The summed E-state index contributed by atoms with van der Waals surface area (Å²) in [6.45, 7) is 0. The molecule has 0 aromatic heterocycles. The van der Waals surface area contributed by atoms with Crippen molar-refractivity contribution in [1.29, 1.82) is 0 Å². The molecule has 9 heteroatoms. The van der Waals surface area contributed by atoms with E-state index in [-0.39, 0.29) is 33.8 Å². The summed E-state index contributed by atoms with van der Waals surface area (Å²) < 4.78 is 21.7. The van der Waals surface area contributed by atoms with Crippen molar-refractivity contribution < 1.29 is 38.4 Å². The fraction of sp³-hybridized carbons (Fsp3) is 0.276. The van der Waals surface area contributed by atoms with Crippen LogP contribution in [-0.2, 0) is 17.6 Å².